The van der Waals surface area contributed by atoms with Crippen molar-refractivity contribution in [2.24, 2.45) is 7.05 Å². The lowest BCUT2D eigenvalue weighted by Crippen LogP contribution is -2.21. The first-order valence-electron chi connectivity index (χ1n) is 3.73. The number of hydrogen-bond acceptors (Lipinski definition) is 3. The first kappa shape index (κ1) is 9.80. The molecule has 13 heavy (non-hydrogen) atoms. The van der Waals surface area contributed by atoms with Crippen LogP contribution in [0.25, 0.3) is 0 Å². The number of aryl methyl sites for hydroxylation is 1. The number of rotatable bonds is 3. The first-order chi connectivity index (χ1) is 6.16. The predicted molar refractivity (Wildman–Crippen MR) is 53.2 cm³/mol. The largest absolute Gasteiger partial charge is 0.379 e. The molecule has 0 saturated carbocycles. The quantitative estimate of drug-likeness (QED) is 0.740. The summed E-state index contributed by atoms with van der Waals surface area (Å²) in [4.78, 5) is 11.3. The van der Waals surface area contributed by atoms with Crippen molar-refractivity contribution in [2.75, 3.05) is 11.9 Å². The van der Waals surface area contributed by atoms with Crippen LogP contribution in [0.15, 0.2) is 23.6 Å². The van der Waals surface area contributed by atoms with Gasteiger partial charge in [0.05, 0.1) is 11.9 Å². The third-order valence-electron chi connectivity index (χ3n) is 1.52. The molecule has 0 aliphatic carbocycles. The number of nitrogens with zero attached hydrogens (tertiary/aromatic N) is 2. The van der Waals surface area contributed by atoms with Crippen molar-refractivity contribution in [3.8, 4) is 0 Å². The van der Waals surface area contributed by atoms with Crippen molar-refractivity contribution < 1.29 is 0 Å². The van der Waals surface area contributed by atoms with Gasteiger partial charge in [-0.2, -0.15) is 5.10 Å². The minimum absolute atomic E-state index is 0.152. The molecule has 0 unspecified atom stereocenters. The lowest BCUT2D eigenvalue weighted by Gasteiger charge is -2.05. The molecule has 0 aliphatic heterocycles. The molecule has 0 fully saturated rings. The Morgan fingerprint density at radius 3 is 3.15 bits per heavy atom. The van der Waals surface area contributed by atoms with Crippen molar-refractivity contribution in [3.05, 3.63) is 34.2 Å². The van der Waals surface area contributed by atoms with Crippen LogP contribution in [0.2, 0.25) is 5.02 Å². The molecule has 1 aromatic rings. The topological polar surface area (TPSA) is 46.9 Å². The minimum Gasteiger partial charge on any atom is -0.379 e. The second-order valence-corrected chi connectivity index (χ2v) is 2.85. The van der Waals surface area contributed by atoms with Gasteiger partial charge in [0.15, 0.2) is 0 Å². The second kappa shape index (κ2) is 4.09. The summed E-state index contributed by atoms with van der Waals surface area (Å²) in [6.45, 7) is 4.09. The van der Waals surface area contributed by atoms with E-state index in [4.69, 9.17) is 11.6 Å². The van der Waals surface area contributed by atoms with Crippen LogP contribution in [-0.2, 0) is 7.05 Å². The van der Waals surface area contributed by atoms with Crippen LogP contribution >= 0.6 is 11.6 Å². The van der Waals surface area contributed by atoms with E-state index in [0.717, 1.165) is 0 Å². The Kier molecular flexibility index (Phi) is 3.08. The zero-order chi connectivity index (χ0) is 9.84. The molecule has 1 aromatic heterocycles. The van der Waals surface area contributed by atoms with E-state index in [9.17, 15) is 4.79 Å². The van der Waals surface area contributed by atoms with Crippen LogP contribution in [-0.4, -0.2) is 16.3 Å². The molecule has 5 heteroatoms. The maximum atomic E-state index is 11.3. The Morgan fingerprint density at radius 1 is 1.85 bits per heavy atom. The van der Waals surface area contributed by atoms with E-state index in [1.807, 2.05) is 0 Å². The van der Waals surface area contributed by atoms with Crippen LogP contribution in [0.3, 0.4) is 0 Å². The van der Waals surface area contributed by atoms with Gasteiger partial charge in [0.1, 0.15) is 5.02 Å². The maximum Gasteiger partial charge on any atom is 0.287 e. The zero-order valence-electron chi connectivity index (χ0n) is 7.25. The van der Waals surface area contributed by atoms with E-state index in [0.29, 0.717) is 12.2 Å². The van der Waals surface area contributed by atoms with Gasteiger partial charge in [-0.3, -0.25) is 4.79 Å². The summed E-state index contributed by atoms with van der Waals surface area (Å²) in [5.74, 6) is 0. The minimum atomic E-state index is -0.310. The fourth-order valence-corrected chi connectivity index (χ4v) is 1.05. The summed E-state index contributed by atoms with van der Waals surface area (Å²) in [6, 6.07) is 0. The molecule has 4 nitrogen and oxygen atoms in total. The molecule has 0 spiro atoms. The van der Waals surface area contributed by atoms with Gasteiger partial charge in [-0.25, -0.2) is 4.68 Å². The highest BCUT2D eigenvalue weighted by atomic mass is 35.5. The van der Waals surface area contributed by atoms with Gasteiger partial charge in [0.25, 0.3) is 5.56 Å². The van der Waals surface area contributed by atoms with Gasteiger partial charge < -0.3 is 5.32 Å². The van der Waals surface area contributed by atoms with Crippen LogP contribution in [0.1, 0.15) is 0 Å². The Morgan fingerprint density at radius 2 is 2.54 bits per heavy atom. The number of halogens is 1. The smallest absolute Gasteiger partial charge is 0.287 e. The van der Waals surface area contributed by atoms with Gasteiger partial charge in [-0.15, -0.1) is 6.58 Å². The van der Waals surface area contributed by atoms with Crippen molar-refractivity contribution in [1.82, 2.24) is 9.78 Å². The van der Waals surface area contributed by atoms with Crippen molar-refractivity contribution in [3.63, 3.8) is 0 Å². The fraction of sp³-hybridized carbons (Fsp3) is 0.250. The fourth-order valence-electron chi connectivity index (χ4n) is 0.816. The molecule has 0 aromatic carbocycles. The monoisotopic (exact) mass is 199 g/mol. The van der Waals surface area contributed by atoms with Crippen LogP contribution < -0.4 is 10.9 Å². The highest BCUT2D eigenvalue weighted by molar-refractivity contribution is 6.32. The third-order valence-corrected chi connectivity index (χ3v) is 1.88. The average Bonchev–Trinajstić information content (AvgIpc) is 2.13. The highest BCUT2D eigenvalue weighted by Gasteiger charge is 2.05. The molecular weight excluding hydrogens is 190 g/mol. The Labute approximate surface area is 80.8 Å². The van der Waals surface area contributed by atoms with Crippen molar-refractivity contribution in [2.45, 2.75) is 0 Å². The van der Waals surface area contributed by atoms with Crippen molar-refractivity contribution >= 4 is 17.3 Å². The first-order valence-corrected chi connectivity index (χ1v) is 4.11. The van der Waals surface area contributed by atoms with E-state index in [2.05, 4.69) is 17.0 Å². The number of aromatic nitrogens is 2. The molecule has 0 atom stereocenters. The summed E-state index contributed by atoms with van der Waals surface area (Å²) in [5, 5.41) is 6.87. The second-order valence-electron chi connectivity index (χ2n) is 2.47. The molecule has 0 amide bonds. The molecule has 0 bridgehead atoms. The molecule has 0 saturated heterocycles. The van der Waals surface area contributed by atoms with Crippen LogP contribution in [0.4, 0.5) is 5.69 Å². The lowest BCUT2D eigenvalue weighted by atomic mass is 10.4. The Balaban J connectivity index is 3.03. The van der Waals surface area contributed by atoms with E-state index in [1.165, 1.54) is 10.9 Å². The number of nitrogens with one attached hydrogen (secondary N) is 1. The van der Waals surface area contributed by atoms with E-state index >= 15 is 0 Å². The SMILES string of the molecule is C=CCNc1cnn(C)c(=O)c1Cl. The van der Waals surface area contributed by atoms with E-state index < -0.39 is 0 Å². The summed E-state index contributed by atoms with van der Waals surface area (Å²) in [6.07, 6.45) is 3.18. The zero-order valence-corrected chi connectivity index (χ0v) is 8.01. The van der Waals surface area contributed by atoms with Gasteiger partial charge in [-0.05, 0) is 0 Å². The van der Waals surface area contributed by atoms with Gasteiger partial charge >= 0.3 is 0 Å². The third kappa shape index (κ3) is 2.09. The van der Waals surface area contributed by atoms with Crippen LogP contribution in [0, 0.1) is 0 Å². The lowest BCUT2D eigenvalue weighted by molar-refractivity contribution is 0.708. The van der Waals surface area contributed by atoms with Gasteiger partial charge in [-0.1, -0.05) is 17.7 Å². The Bertz CT molecular complexity index is 372. The average molecular weight is 200 g/mol. The maximum absolute atomic E-state index is 11.3. The molecule has 1 rings (SSSR count). The molecular formula is C8H10ClN3O. The summed E-state index contributed by atoms with van der Waals surface area (Å²) < 4.78 is 1.18. The highest BCUT2D eigenvalue weighted by Crippen LogP contribution is 2.13. The van der Waals surface area contributed by atoms with Gasteiger partial charge in [0, 0.05) is 13.6 Å². The molecule has 1 N–H and O–H groups in total. The van der Waals surface area contributed by atoms with Gasteiger partial charge in [0.2, 0.25) is 0 Å². The number of anilines is 1. The standard InChI is InChI=1S/C8H10ClN3O/c1-3-4-10-6-5-11-12(2)8(13)7(6)9/h3,5,10H,1,4H2,2H3. The van der Waals surface area contributed by atoms with Crippen LogP contribution in [0.5, 0.6) is 0 Å². The normalized spacial score (nSPS) is 9.69. The van der Waals surface area contributed by atoms with Crippen molar-refractivity contribution in [1.29, 1.82) is 0 Å². The molecule has 0 aliphatic rings. The summed E-state index contributed by atoms with van der Waals surface area (Å²) >= 11 is 5.76. The Hall–Kier alpha value is -1.29. The molecule has 70 valence electrons. The summed E-state index contributed by atoms with van der Waals surface area (Å²) in [7, 11) is 1.55. The van der Waals surface area contributed by atoms with E-state index in [1.54, 1.807) is 13.1 Å². The number of hydrogen-bond donors (Lipinski definition) is 1. The predicted octanol–water partition coefficient (Wildman–Crippen LogP) is 1.03. The molecule has 1 heterocycles. The summed E-state index contributed by atoms with van der Waals surface area (Å²) in [5.41, 5.74) is 0.223. The molecule has 0 radical (unpaired) electrons. The van der Waals surface area contributed by atoms with E-state index in [-0.39, 0.29) is 10.6 Å².